The van der Waals surface area contributed by atoms with E-state index in [1.54, 1.807) is 0 Å². The van der Waals surface area contributed by atoms with Crippen molar-refractivity contribution >= 4 is 25.7 Å². The number of anilines is 1. The normalized spacial score (nSPS) is 17.0. The van der Waals surface area contributed by atoms with Crippen molar-refractivity contribution in [2.24, 2.45) is 0 Å². The van der Waals surface area contributed by atoms with Crippen LogP contribution >= 0.6 is 10.2 Å². The Hall–Kier alpha value is -1.23. The van der Waals surface area contributed by atoms with E-state index in [2.05, 4.69) is 0 Å². The molecule has 0 unspecified atom stereocenters. The van der Waals surface area contributed by atoms with Crippen LogP contribution in [0, 0.1) is 0 Å². The predicted octanol–water partition coefficient (Wildman–Crippen LogP) is 3.04. The molecule has 0 amide bonds. The number of rotatable bonds is 2. The van der Waals surface area contributed by atoms with E-state index in [0.717, 1.165) is 0 Å². The molecular weight excluding hydrogens is 305 g/mol. The number of hydrogen-bond donors (Lipinski definition) is 2. The van der Waals surface area contributed by atoms with Crippen LogP contribution in [-0.2, 0) is 9.84 Å². The Morgan fingerprint density at radius 2 is 1.61 bits per heavy atom. The molecule has 0 aliphatic rings. The Morgan fingerprint density at radius 1 is 1.17 bits per heavy atom. The van der Waals surface area contributed by atoms with Gasteiger partial charge in [0.1, 0.15) is 9.79 Å². The second kappa shape index (κ2) is 3.02. The highest BCUT2D eigenvalue weighted by Crippen LogP contribution is 3.02. The highest BCUT2D eigenvalue weighted by atomic mass is 32.5. The predicted molar refractivity (Wildman–Crippen MR) is 57.0 cm³/mol. The Balaban J connectivity index is 3.82. The lowest BCUT2D eigenvalue weighted by Gasteiger charge is -2.40. The quantitative estimate of drug-likeness (QED) is 0.499. The van der Waals surface area contributed by atoms with E-state index in [1.165, 1.54) is 0 Å². The van der Waals surface area contributed by atoms with Gasteiger partial charge in [0.05, 0.1) is 5.69 Å². The van der Waals surface area contributed by atoms with Crippen molar-refractivity contribution in [3.8, 4) is 5.75 Å². The molecule has 0 aromatic heterocycles. The molecule has 11 heteroatoms. The summed E-state index contributed by atoms with van der Waals surface area (Å²) >= 11 is 0. The number of aromatic hydroxyl groups is 1. The third kappa shape index (κ3) is 2.96. The molecule has 0 saturated heterocycles. The van der Waals surface area contributed by atoms with Crippen LogP contribution in [-0.4, -0.2) is 19.8 Å². The molecule has 1 aromatic carbocycles. The van der Waals surface area contributed by atoms with Gasteiger partial charge in [-0.2, -0.15) is 0 Å². The summed E-state index contributed by atoms with van der Waals surface area (Å²) in [7, 11) is -14.4. The van der Waals surface area contributed by atoms with Gasteiger partial charge in [0.2, 0.25) is 0 Å². The Kier molecular flexibility index (Phi) is 2.49. The lowest BCUT2D eigenvalue weighted by atomic mass is 10.3. The summed E-state index contributed by atoms with van der Waals surface area (Å²) in [6, 6.07) is -0.534. The summed E-state index contributed by atoms with van der Waals surface area (Å²) in [6.45, 7) is 0. The molecule has 0 spiro atoms. The van der Waals surface area contributed by atoms with Gasteiger partial charge in [-0.05, 0) is 12.1 Å². The maximum absolute atomic E-state index is 12.5. The molecule has 4 nitrogen and oxygen atoms in total. The first-order valence-electron chi connectivity index (χ1n) is 4.09. The second-order valence-corrected chi connectivity index (χ2v) is 7.99. The maximum Gasteiger partial charge on any atom is 0.310 e. The van der Waals surface area contributed by atoms with Crippen molar-refractivity contribution in [2.75, 3.05) is 12.0 Å². The summed E-state index contributed by atoms with van der Waals surface area (Å²) in [5.74, 6) is -1.19. The fourth-order valence-electron chi connectivity index (χ4n) is 1.11. The van der Waals surface area contributed by atoms with Crippen molar-refractivity contribution in [3.05, 3.63) is 12.1 Å². The fourth-order valence-corrected chi connectivity index (χ4v) is 2.68. The van der Waals surface area contributed by atoms with Crippen LogP contribution in [0.2, 0.25) is 0 Å². The molecule has 0 heterocycles. The maximum atomic E-state index is 12.5. The second-order valence-electron chi connectivity index (χ2n) is 3.60. The van der Waals surface area contributed by atoms with Gasteiger partial charge in [-0.15, -0.1) is 0 Å². The lowest BCUT2D eigenvalue weighted by Crippen LogP contribution is -2.09. The topological polar surface area (TPSA) is 80.4 Å². The van der Waals surface area contributed by atoms with Gasteiger partial charge >= 0.3 is 10.2 Å². The van der Waals surface area contributed by atoms with Crippen LogP contribution in [0.25, 0.3) is 0 Å². The number of phenols is 1. The van der Waals surface area contributed by atoms with Gasteiger partial charge in [0, 0.05) is 6.26 Å². The molecular formula is C7H8F5NO3S2. The van der Waals surface area contributed by atoms with Crippen LogP contribution in [0.3, 0.4) is 0 Å². The largest absolute Gasteiger partial charge is 0.504 e. The standard InChI is InChI=1S/C7H8F5NO3S2/c1-17(15,16)6-3-4(2-5(13)7(6)14)18(8,9,10,11)12/h2-3,14H,13H2,1H3. The van der Waals surface area contributed by atoms with E-state index < -0.39 is 41.3 Å². The molecule has 3 N–H and O–H groups in total. The fraction of sp³-hybridized carbons (Fsp3) is 0.143. The van der Waals surface area contributed by atoms with Crippen LogP contribution in [0.1, 0.15) is 0 Å². The summed E-state index contributed by atoms with van der Waals surface area (Å²) in [5, 5.41) is 9.19. The van der Waals surface area contributed by atoms with Crippen molar-refractivity contribution in [1.82, 2.24) is 0 Å². The zero-order valence-electron chi connectivity index (χ0n) is 8.70. The zero-order chi connectivity index (χ0) is 14.6. The third-order valence-corrected chi connectivity index (χ3v) is 4.16. The van der Waals surface area contributed by atoms with Crippen molar-refractivity contribution in [3.63, 3.8) is 0 Å². The van der Waals surface area contributed by atoms with Crippen LogP contribution in [0.5, 0.6) is 5.75 Å². The highest BCUT2D eigenvalue weighted by Gasteiger charge is 2.65. The summed E-state index contributed by atoms with van der Waals surface area (Å²) in [4.78, 5) is -3.77. The van der Waals surface area contributed by atoms with E-state index in [4.69, 9.17) is 5.73 Å². The smallest absolute Gasteiger partial charge is 0.310 e. The average Bonchev–Trinajstić information content (AvgIpc) is 2.02. The van der Waals surface area contributed by atoms with Gasteiger partial charge < -0.3 is 10.8 Å². The van der Waals surface area contributed by atoms with E-state index in [1.807, 2.05) is 0 Å². The van der Waals surface area contributed by atoms with Crippen molar-refractivity contribution in [1.29, 1.82) is 0 Å². The molecule has 1 rings (SSSR count). The average molecular weight is 313 g/mol. The Morgan fingerprint density at radius 3 is 1.94 bits per heavy atom. The molecule has 1 aromatic rings. The number of sulfone groups is 1. The van der Waals surface area contributed by atoms with E-state index in [-0.39, 0.29) is 12.1 Å². The molecule has 0 radical (unpaired) electrons. The van der Waals surface area contributed by atoms with Crippen LogP contribution in [0.15, 0.2) is 21.9 Å². The number of nitrogens with two attached hydrogens (primary N) is 1. The van der Waals surface area contributed by atoms with Gasteiger partial charge in [0.15, 0.2) is 15.6 Å². The minimum absolute atomic E-state index is 0.203. The van der Waals surface area contributed by atoms with Crippen LogP contribution < -0.4 is 5.73 Å². The van der Waals surface area contributed by atoms with Crippen molar-refractivity contribution in [2.45, 2.75) is 9.79 Å². The lowest BCUT2D eigenvalue weighted by molar-refractivity contribution is 0.363. The first-order chi connectivity index (χ1) is 7.52. The first-order valence-corrected chi connectivity index (χ1v) is 7.93. The summed E-state index contributed by atoms with van der Waals surface area (Å²) in [5.41, 5.74) is 3.81. The molecule has 0 saturated carbocycles. The van der Waals surface area contributed by atoms with E-state index in [9.17, 15) is 33.0 Å². The summed E-state index contributed by atoms with van der Waals surface area (Å²) < 4.78 is 84.6. The Labute approximate surface area is 98.9 Å². The van der Waals surface area contributed by atoms with E-state index in [0.29, 0.717) is 6.26 Å². The first kappa shape index (κ1) is 14.8. The van der Waals surface area contributed by atoms with Gasteiger partial charge in [0.25, 0.3) is 0 Å². The molecule has 18 heavy (non-hydrogen) atoms. The van der Waals surface area contributed by atoms with E-state index >= 15 is 0 Å². The summed E-state index contributed by atoms with van der Waals surface area (Å²) in [6.07, 6.45) is 0.455. The molecule has 0 atom stereocenters. The molecule has 0 aliphatic heterocycles. The number of halogens is 5. The molecule has 0 aliphatic carbocycles. The van der Waals surface area contributed by atoms with Crippen molar-refractivity contribution < 1.29 is 33.0 Å². The van der Waals surface area contributed by atoms with Gasteiger partial charge in [-0.1, -0.05) is 19.4 Å². The highest BCUT2D eigenvalue weighted by molar-refractivity contribution is 8.45. The SMILES string of the molecule is CS(=O)(=O)c1cc(S(F)(F)(F)(F)F)cc(N)c1O. The minimum Gasteiger partial charge on any atom is -0.504 e. The van der Waals surface area contributed by atoms with Crippen LogP contribution in [0.4, 0.5) is 25.1 Å². The number of benzene rings is 1. The number of hydrogen-bond acceptors (Lipinski definition) is 4. The Bertz CT molecular complexity index is 622. The number of nitrogen functional groups attached to an aromatic ring is 1. The molecule has 0 fully saturated rings. The van der Waals surface area contributed by atoms with Gasteiger partial charge in [-0.25, -0.2) is 8.42 Å². The third-order valence-electron chi connectivity index (χ3n) is 1.92. The zero-order valence-corrected chi connectivity index (χ0v) is 10.3. The monoisotopic (exact) mass is 313 g/mol. The molecule has 106 valence electrons. The minimum atomic E-state index is -10.1. The van der Waals surface area contributed by atoms with Gasteiger partial charge in [-0.3, -0.25) is 0 Å². The molecule has 0 bridgehead atoms. The number of phenolic OH excluding ortho intramolecular Hbond substituents is 1.